The van der Waals surface area contributed by atoms with Gasteiger partial charge in [0.25, 0.3) is 0 Å². The molecule has 0 radical (unpaired) electrons. The normalized spacial score (nSPS) is 17.9. The number of hydrogen-bond donors (Lipinski definition) is 1. The van der Waals surface area contributed by atoms with Crippen molar-refractivity contribution in [1.29, 1.82) is 0 Å². The largest absolute Gasteiger partial charge is 0.334 e. The molecule has 0 bridgehead atoms. The van der Waals surface area contributed by atoms with E-state index in [1.807, 2.05) is 51.1 Å². The predicted octanol–water partition coefficient (Wildman–Crippen LogP) is 4.17. The summed E-state index contributed by atoms with van der Waals surface area (Å²) in [6.07, 6.45) is 2.00. The van der Waals surface area contributed by atoms with Gasteiger partial charge in [-0.3, -0.25) is 9.59 Å². The van der Waals surface area contributed by atoms with E-state index < -0.39 is 17.5 Å². The summed E-state index contributed by atoms with van der Waals surface area (Å²) >= 11 is 0. The molecule has 1 fully saturated rings. The Labute approximate surface area is 174 Å². The summed E-state index contributed by atoms with van der Waals surface area (Å²) in [5, 5.41) is 2.87. The number of likely N-dealkylation sites (N-methyl/N-ethyl adjacent to an activating group) is 1. The molecule has 2 rings (SSSR count). The zero-order valence-corrected chi connectivity index (χ0v) is 18.6. The van der Waals surface area contributed by atoms with Crippen LogP contribution < -0.4 is 5.32 Å². The Morgan fingerprint density at radius 1 is 1.17 bits per heavy atom. The summed E-state index contributed by atoms with van der Waals surface area (Å²) in [4.78, 5) is 42.3. The number of amides is 3. The van der Waals surface area contributed by atoms with Gasteiger partial charge >= 0.3 is 6.03 Å². The van der Waals surface area contributed by atoms with Gasteiger partial charge in [0.05, 0.1) is 6.04 Å². The number of anilines is 1. The molecule has 1 aromatic carbocycles. The van der Waals surface area contributed by atoms with Gasteiger partial charge < -0.3 is 15.1 Å². The minimum Gasteiger partial charge on any atom is -0.334 e. The third-order valence-electron chi connectivity index (χ3n) is 5.38. The van der Waals surface area contributed by atoms with E-state index in [9.17, 15) is 14.4 Å². The smallest absolute Gasteiger partial charge is 0.322 e. The van der Waals surface area contributed by atoms with Crippen LogP contribution in [0.2, 0.25) is 0 Å². The number of nitrogens with zero attached hydrogens (tertiary/aromatic N) is 2. The summed E-state index contributed by atoms with van der Waals surface area (Å²) in [6.45, 7) is 10.3. The third-order valence-corrected chi connectivity index (χ3v) is 5.38. The van der Waals surface area contributed by atoms with Crippen LogP contribution in [0.3, 0.4) is 0 Å². The Morgan fingerprint density at radius 3 is 2.34 bits per heavy atom. The van der Waals surface area contributed by atoms with Crippen LogP contribution in [0, 0.1) is 11.3 Å². The molecular formula is C23H35N3O3. The Kier molecular flexibility index (Phi) is 7.44. The van der Waals surface area contributed by atoms with Crippen molar-refractivity contribution >= 4 is 23.4 Å². The number of nitrogens with one attached hydrogen (secondary N) is 1. The monoisotopic (exact) mass is 401 g/mol. The van der Waals surface area contributed by atoms with Gasteiger partial charge in [-0.15, -0.1) is 0 Å². The van der Waals surface area contributed by atoms with Gasteiger partial charge in [0.1, 0.15) is 6.04 Å². The second-order valence-corrected chi connectivity index (χ2v) is 9.36. The first-order valence-corrected chi connectivity index (χ1v) is 10.5. The highest BCUT2D eigenvalue weighted by atomic mass is 16.2. The summed E-state index contributed by atoms with van der Waals surface area (Å²) in [5.41, 5.74) is 0.165. The fourth-order valence-corrected chi connectivity index (χ4v) is 3.76. The zero-order chi connectivity index (χ0) is 21.8. The molecule has 1 heterocycles. The molecule has 29 heavy (non-hydrogen) atoms. The highest BCUT2D eigenvalue weighted by molar-refractivity contribution is 5.97. The number of rotatable bonds is 6. The SMILES string of the molecule is CC(C)C[C@H](C(=O)C(C)(C)C)N(C)C(=O)[C@@H]1CCCN1C(=O)Nc1ccccc1. The quantitative estimate of drug-likeness (QED) is 0.778. The van der Waals surface area contributed by atoms with E-state index in [2.05, 4.69) is 19.2 Å². The van der Waals surface area contributed by atoms with Gasteiger partial charge in [-0.05, 0) is 37.3 Å². The molecule has 1 aromatic rings. The number of urea groups is 1. The summed E-state index contributed by atoms with van der Waals surface area (Å²) in [5.74, 6) is 0.178. The van der Waals surface area contributed by atoms with Crippen molar-refractivity contribution in [3.05, 3.63) is 30.3 Å². The number of carbonyl (C=O) groups excluding carboxylic acids is 3. The summed E-state index contributed by atoms with van der Waals surface area (Å²) in [7, 11) is 1.70. The van der Waals surface area contributed by atoms with E-state index in [0.717, 1.165) is 6.42 Å². The van der Waals surface area contributed by atoms with Crippen LogP contribution in [0.25, 0.3) is 0 Å². The Hall–Kier alpha value is -2.37. The van der Waals surface area contributed by atoms with Crippen molar-refractivity contribution in [3.63, 3.8) is 0 Å². The number of carbonyl (C=O) groups is 3. The van der Waals surface area contributed by atoms with Crippen LogP contribution >= 0.6 is 0 Å². The fraction of sp³-hybridized carbons (Fsp3) is 0.609. The molecule has 1 saturated heterocycles. The molecule has 1 aliphatic rings. The van der Waals surface area contributed by atoms with E-state index in [0.29, 0.717) is 25.1 Å². The maximum absolute atomic E-state index is 13.3. The van der Waals surface area contributed by atoms with E-state index in [-0.39, 0.29) is 23.6 Å². The van der Waals surface area contributed by atoms with Gasteiger partial charge in [0, 0.05) is 24.7 Å². The number of likely N-dealkylation sites (tertiary alicyclic amines) is 1. The predicted molar refractivity (Wildman–Crippen MR) is 116 cm³/mol. The first kappa shape index (κ1) is 22.9. The van der Waals surface area contributed by atoms with Crippen LogP contribution in [0.4, 0.5) is 10.5 Å². The minimum atomic E-state index is -0.536. The second kappa shape index (κ2) is 9.42. The van der Waals surface area contributed by atoms with Crippen molar-refractivity contribution in [3.8, 4) is 0 Å². The molecule has 0 saturated carbocycles. The lowest BCUT2D eigenvalue weighted by Crippen LogP contribution is -2.54. The first-order valence-electron chi connectivity index (χ1n) is 10.5. The average Bonchev–Trinajstić information content (AvgIpc) is 3.14. The fourth-order valence-electron chi connectivity index (χ4n) is 3.76. The van der Waals surface area contributed by atoms with Gasteiger partial charge in [-0.25, -0.2) is 4.79 Å². The molecule has 6 nitrogen and oxygen atoms in total. The average molecular weight is 402 g/mol. The maximum atomic E-state index is 13.3. The Balaban J connectivity index is 2.16. The van der Waals surface area contributed by atoms with Gasteiger partial charge in [-0.2, -0.15) is 0 Å². The van der Waals surface area contributed by atoms with Crippen LogP contribution in [0.1, 0.15) is 53.9 Å². The topological polar surface area (TPSA) is 69.7 Å². The number of para-hydroxylation sites is 1. The number of Topliss-reactive ketones (excluding diaryl/α,β-unsaturated/α-hetero) is 1. The van der Waals surface area contributed by atoms with Crippen LogP contribution in [-0.4, -0.2) is 53.2 Å². The third kappa shape index (κ3) is 5.81. The van der Waals surface area contributed by atoms with Crippen LogP contribution in [0.5, 0.6) is 0 Å². The minimum absolute atomic E-state index is 0.0559. The summed E-state index contributed by atoms with van der Waals surface area (Å²) in [6, 6.07) is 7.93. The molecule has 0 spiro atoms. The molecule has 6 heteroatoms. The molecule has 0 aliphatic carbocycles. The lowest BCUT2D eigenvalue weighted by Gasteiger charge is -2.36. The Bertz CT molecular complexity index is 725. The van der Waals surface area contributed by atoms with Crippen molar-refractivity contribution in [2.24, 2.45) is 11.3 Å². The molecule has 1 aliphatic heterocycles. The van der Waals surface area contributed by atoms with Gasteiger partial charge in [-0.1, -0.05) is 52.8 Å². The van der Waals surface area contributed by atoms with Crippen molar-refractivity contribution in [2.75, 3.05) is 18.9 Å². The molecule has 160 valence electrons. The van der Waals surface area contributed by atoms with Crippen LogP contribution in [0.15, 0.2) is 30.3 Å². The molecular weight excluding hydrogens is 366 g/mol. The van der Waals surface area contributed by atoms with Crippen LogP contribution in [-0.2, 0) is 9.59 Å². The van der Waals surface area contributed by atoms with Crippen molar-refractivity contribution < 1.29 is 14.4 Å². The van der Waals surface area contributed by atoms with Gasteiger partial charge in [0.15, 0.2) is 5.78 Å². The second-order valence-electron chi connectivity index (χ2n) is 9.36. The highest BCUT2D eigenvalue weighted by Crippen LogP contribution is 2.26. The van der Waals surface area contributed by atoms with E-state index in [1.54, 1.807) is 16.8 Å². The maximum Gasteiger partial charge on any atom is 0.322 e. The molecule has 3 amide bonds. The standard InChI is InChI=1S/C23H35N3O3/c1-16(2)15-19(20(27)23(3,4)5)25(6)21(28)18-13-10-14-26(18)22(29)24-17-11-8-7-9-12-17/h7-9,11-12,16,18-19H,10,13-15H2,1-6H3,(H,24,29)/t18-,19+/m0/s1. The number of benzene rings is 1. The lowest BCUT2D eigenvalue weighted by atomic mass is 9.83. The number of hydrogen-bond acceptors (Lipinski definition) is 3. The summed E-state index contributed by atoms with van der Waals surface area (Å²) < 4.78 is 0. The van der Waals surface area contributed by atoms with E-state index in [4.69, 9.17) is 0 Å². The highest BCUT2D eigenvalue weighted by Gasteiger charge is 2.40. The molecule has 0 aromatic heterocycles. The molecule has 2 atom stereocenters. The lowest BCUT2D eigenvalue weighted by molar-refractivity contribution is -0.144. The van der Waals surface area contributed by atoms with E-state index >= 15 is 0 Å². The molecule has 1 N–H and O–H groups in total. The Morgan fingerprint density at radius 2 is 1.79 bits per heavy atom. The van der Waals surface area contributed by atoms with Crippen molar-refractivity contribution in [2.45, 2.75) is 66.0 Å². The van der Waals surface area contributed by atoms with Crippen molar-refractivity contribution in [1.82, 2.24) is 9.80 Å². The van der Waals surface area contributed by atoms with E-state index in [1.165, 1.54) is 0 Å². The zero-order valence-electron chi connectivity index (χ0n) is 18.6. The molecule has 0 unspecified atom stereocenters. The van der Waals surface area contributed by atoms with Gasteiger partial charge in [0.2, 0.25) is 5.91 Å². The first-order chi connectivity index (χ1) is 13.5. The number of ketones is 1.